The van der Waals surface area contributed by atoms with E-state index < -0.39 is 0 Å². The molecule has 0 bridgehead atoms. The molecule has 0 amide bonds. The Balaban J connectivity index is 2.92. The zero-order chi connectivity index (χ0) is 8.72. The van der Waals surface area contributed by atoms with Gasteiger partial charge < -0.3 is 0 Å². The Morgan fingerprint density at radius 1 is 1.33 bits per heavy atom. The summed E-state index contributed by atoms with van der Waals surface area (Å²) in [6.07, 6.45) is 1.85. The van der Waals surface area contributed by atoms with Crippen molar-refractivity contribution in [1.29, 1.82) is 0 Å². The molecule has 4 heteroatoms. The Morgan fingerprint density at radius 3 is 2.83 bits per heavy atom. The van der Waals surface area contributed by atoms with Crippen LogP contribution in [-0.4, -0.2) is 9.78 Å². The van der Waals surface area contributed by atoms with Crippen molar-refractivity contribution in [3.63, 3.8) is 0 Å². The summed E-state index contributed by atoms with van der Waals surface area (Å²) in [7, 11) is 1.93. The minimum atomic E-state index is 1.06. The second-order valence-electron chi connectivity index (χ2n) is 2.59. The first-order chi connectivity index (χ1) is 5.68. The number of rotatable bonds is 0. The zero-order valence-electron chi connectivity index (χ0n) is 6.38. The molecule has 2 rings (SSSR count). The van der Waals surface area contributed by atoms with Gasteiger partial charge in [0.1, 0.15) is 0 Å². The van der Waals surface area contributed by atoms with Gasteiger partial charge in [0, 0.05) is 21.4 Å². The van der Waals surface area contributed by atoms with Gasteiger partial charge in [0.25, 0.3) is 0 Å². The van der Waals surface area contributed by atoms with Gasteiger partial charge in [-0.2, -0.15) is 5.10 Å². The standard InChI is InChI=1S/C8H6Br2N2/c1-12-8-3-5(9)2-7(10)6(8)4-11-12/h2-4H,1H3. The molecule has 0 saturated heterocycles. The topological polar surface area (TPSA) is 17.8 Å². The first-order valence-corrected chi connectivity index (χ1v) is 5.04. The van der Waals surface area contributed by atoms with Crippen LogP contribution in [0.2, 0.25) is 0 Å². The molecule has 12 heavy (non-hydrogen) atoms. The summed E-state index contributed by atoms with van der Waals surface area (Å²) in [5.74, 6) is 0. The van der Waals surface area contributed by atoms with E-state index >= 15 is 0 Å². The van der Waals surface area contributed by atoms with Gasteiger partial charge in [-0.3, -0.25) is 4.68 Å². The van der Waals surface area contributed by atoms with Gasteiger partial charge in [0.05, 0.1) is 11.7 Å². The number of nitrogens with zero attached hydrogens (tertiary/aromatic N) is 2. The first-order valence-electron chi connectivity index (χ1n) is 3.45. The molecule has 0 N–H and O–H groups in total. The zero-order valence-corrected chi connectivity index (χ0v) is 9.55. The van der Waals surface area contributed by atoms with E-state index in [0.717, 1.165) is 19.8 Å². The lowest BCUT2D eigenvalue weighted by Gasteiger charge is -1.97. The molecular weight excluding hydrogens is 284 g/mol. The van der Waals surface area contributed by atoms with Crippen LogP contribution in [0.15, 0.2) is 27.3 Å². The summed E-state index contributed by atoms with van der Waals surface area (Å²) in [6.45, 7) is 0. The number of benzene rings is 1. The van der Waals surface area contributed by atoms with E-state index in [4.69, 9.17) is 0 Å². The lowest BCUT2D eigenvalue weighted by atomic mass is 10.3. The lowest BCUT2D eigenvalue weighted by Crippen LogP contribution is -1.88. The average molecular weight is 290 g/mol. The summed E-state index contributed by atoms with van der Waals surface area (Å²) in [5.41, 5.74) is 1.12. The summed E-state index contributed by atoms with van der Waals surface area (Å²) in [6, 6.07) is 4.07. The maximum atomic E-state index is 4.16. The molecule has 0 aliphatic carbocycles. The third-order valence-electron chi connectivity index (χ3n) is 1.78. The summed E-state index contributed by atoms with van der Waals surface area (Å²) >= 11 is 6.91. The number of halogens is 2. The monoisotopic (exact) mass is 288 g/mol. The molecule has 2 aromatic rings. The third kappa shape index (κ3) is 1.19. The van der Waals surface area contributed by atoms with Crippen molar-refractivity contribution >= 4 is 42.8 Å². The van der Waals surface area contributed by atoms with Gasteiger partial charge in [-0.25, -0.2) is 0 Å². The first kappa shape index (κ1) is 8.26. The molecule has 0 unspecified atom stereocenters. The largest absolute Gasteiger partial charge is 0.268 e. The van der Waals surface area contributed by atoms with Crippen molar-refractivity contribution in [3.8, 4) is 0 Å². The summed E-state index contributed by atoms with van der Waals surface area (Å²) in [5, 5.41) is 5.30. The second-order valence-corrected chi connectivity index (χ2v) is 4.36. The Hall–Kier alpha value is -0.350. The van der Waals surface area contributed by atoms with Crippen molar-refractivity contribution in [2.45, 2.75) is 0 Å². The normalized spacial score (nSPS) is 10.9. The van der Waals surface area contributed by atoms with Crippen LogP contribution in [0.1, 0.15) is 0 Å². The molecule has 0 fully saturated rings. The minimum absolute atomic E-state index is 1.06. The van der Waals surface area contributed by atoms with Gasteiger partial charge in [0.15, 0.2) is 0 Å². The van der Waals surface area contributed by atoms with Gasteiger partial charge >= 0.3 is 0 Å². The molecule has 62 valence electrons. The van der Waals surface area contributed by atoms with Crippen molar-refractivity contribution in [3.05, 3.63) is 27.3 Å². The van der Waals surface area contributed by atoms with Crippen LogP contribution in [0.3, 0.4) is 0 Å². The number of aromatic nitrogens is 2. The highest BCUT2D eigenvalue weighted by atomic mass is 79.9. The molecule has 2 nitrogen and oxygen atoms in total. The predicted molar refractivity (Wildman–Crippen MR) is 56.1 cm³/mol. The van der Waals surface area contributed by atoms with E-state index in [0.29, 0.717) is 0 Å². The number of hydrogen-bond donors (Lipinski definition) is 0. The third-order valence-corrected chi connectivity index (χ3v) is 2.90. The lowest BCUT2D eigenvalue weighted by molar-refractivity contribution is 0.797. The Kier molecular flexibility index (Phi) is 1.96. The van der Waals surface area contributed by atoms with Crippen LogP contribution < -0.4 is 0 Å². The molecular formula is C8H6Br2N2. The fourth-order valence-corrected chi connectivity index (χ4v) is 2.48. The summed E-state index contributed by atoms with van der Waals surface area (Å²) < 4.78 is 3.98. The van der Waals surface area contributed by atoms with Crippen LogP contribution in [-0.2, 0) is 7.05 Å². The minimum Gasteiger partial charge on any atom is -0.268 e. The Labute approximate surface area is 86.8 Å². The quantitative estimate of drug-likeness (QED) is 0.729. The molecule has 0 aliphatic rings. The average Bonchev–Trinajstić information content (AvgIpc) is 2.33. The maximum Gasteiger partial charge on any atom is 0.0701 e. The second kappa shape index (κ2) is 2.85. The molecule has 0 aliphatic heterocycles. The fraction of sp³-hybridized carbons (Fsp3) is 0.125. The number of fused-ring (bicyclic) bond motifs is 1. The van der Waals surface area contributed by atoms with Crippen LogP contribution in [0.25, 0.3) is 10.9 Å². The van der Waals surface area contributed by atoms with Crippen LogP contribution in [0, 0.1) is 0 Å². The molecule has 0 atom stereocenters. The van der Waals surface area contributed by atoms with Crippen molar-refractivity contribution < 1.29 is 0 Å². The highest BCUT2D eigenvalue weighted by Gasteiger charge is 2.03. The van der Waals surface area contributed by atoms with Crippen molar-refractivity contribution in [2.24, 2.45) is 7.05 Å². The molecule has 0 saturated carbocycles. The van der Waals surface area contributed by atoms with Crippen LogP contribution in [0.4, 0.5) is 0 Å². The smallest absolute Gasteiger partial charge is 0.0701 e. The molecule has 1 heterocycles. The highest BCUT2D eigenvalue weighted by molar-refractivity contribution is 9.11. The van der Waals surface area contributed by atoms with E-state index in [1.54, 1.807) is 0 Å². The van der Waals surface area contributed by atoms with E-state index in [1.807, 2.05) is 30.1 Å². The van der Waals surface area contributed by atoms with Crippen LogP contribution >= 0.6 is 31.9 Å². The van der Waals surface area contributed by atoms with E-state index in [-0.39, 0.29) is 0 Å². The van der Waals surface area contributed by atoms with Gasteiger partial charge in [-0.1, -0.05) is 15.9 Å². The number of hydrogen-bond acceptors (Lipinski definition) is 1. The Bertz CT molecular complexity index is 434. The van der Waals surface area contributed by atoms with Gasteiger partial charge in [-0.15, -0.1) is 0 Å². The van der Waals surface area contributed by atoms with Crippen molar-refractivity contribution in [2.75, 3.05) is 0 Å². The van der Waals surface area contributed by atoms with Crippen LogP contribution in [0.5, 0.6) is 0 Å². The number of aryl methyl sites for hydroxylation is 1. The van der Waals surface area contributed by atoms with E-state index in [9.17, 15) is 0 Å². The molecule has 0 spiro atoms. The van der Waals surface area contributed by atoms with E-state index in [1.165, 1.54) is 0 Å². The van der Waals surface area contributed by atoms with E-state index in [2.05, 4.69) is 37.0 Å². The fourth-order valence-electron chi connectivity index (χ4n) is 1.17. The molecule has 1 aromatic carbocycles. The van der Waals surface area contributed by atoms with Gasteiger partial charge in [-0.05, 0) is 28.1 Å². The predicted octanol–water partition coefficient (Wildman–Crippen LogP) is 3.10. The van der Waals surface area contributed by atoms with Crippen molar-refractivity contribution in [1.82, 2.24) is 9.78 Å². The Morgan fingerprint density at radius 2 is 2.08 bits per heavy atom. The SMILES string of the molecule is Cn1ncc2c(Br)cc(Br)cc21. The molecule has 0 radical (unpaired) electrons. The highest BCUT2D eigenvalue weighted by Crippen LogP contribution is 2.27. The summed E-state index contributed by atoms with van der Waals surface area (Å²) in [4.78, 5) is 0. The molecule has 1 aromatic heterocycles. The van der Waals surface area contributed by atoms with Gasteiger partial charge in [0.2, 0.25) is 0 Å². The maximum absolute atomic E-state index is 4.16.